The first-order valence-corrected chi connectivity index (χ1v) is 9.91. The number of anilines is 1. The smallest absolute Gasteiger partial charge is 0.255 e. The Bertz CT molecular complexity index is 1230. The topological polar surface area (TPSA) is 208 Å². The number of likely N-dealkylation sites (N-methyl/N-ethyl adjacent to an activating group) is 1. The molecule has 9 N–H and O–H groups in total. The second-order valence-electron chi connectivity index (χ2n) is 8.66. The van der Waals surface area contributed by atoms with Gasteiger partial charge in [-0.3, -0.25) is 19.3 Å². The Morgan fingerprint density at radius 1 is 1.18 bits per heavy atom. The maximum Gasteiger partial charge on any atom is 0.255 e. The van der Waals surface area contributed by atoms with Crippen molar-refractivity contribution in [1.29, 1.82) is 0 Å². The lowest BCUT2D eigenvalue weighted by atomic mass is 9.55. The van der Waals surface area contributed by atoms with E-state index in [4.69, 9.17) is 11.5 Å². The molecule has 0 unspecified atom stereocenters. The number of hydrogen-bond donors (Lipinski definition) is 7. The Morgan fingerprint density at radius 3 is 2.33 bits per heavy atom. The maximum absolute atomic E-state index is 13.7. The van der Waals surface area contributed by atoms with Crippen molar-refractivity contribution in [3.8, 4) is 5.75 Å². The van der Waals surface area contributed by atoms with Crippen molar-refractivity contribution in [2.45, 2.75) is 17.7 Å². The normalized spacial score (nSPS) is 31.5. The molecule has 174 valence electrons. The van der Waals surface area contributed by atoms with Crippen LogP contribution in [0.15, 0.2) is 35.6 Å². The average Bonchev–Trinajstić information content (AvgIpc) is 2.72. The summed E-state index contributed by atoms with van der Waals surface area (Å²) in [7, 11) is 2.85. The number of hydrogen-bond acceptors (Lipinski definition) is 10. The number of Topliss-reactive ketones (excluding diaryl/α,β-unsaturated/α-hetero) is 2. The molecule has 3 aliphatic rings. The number of phenols is 1. The molecule has 1 saturated carbocycles. The van der Waals surface area contributed by atoms with Gasteiger partial charge in [-0.25, -0.2) is 0 Å². The van der Waals surface area contributed by atoms with E-state index in [-0.39, 0.29) is 22.4 Å². The molecule has 0 spiro atoms. The summed E-state index contributed by atoms with van der Waals surface area (Å²) in [4.78, 5) is 39.9. The van der Waals surface area contributed by atoms with Gasteiger partial charge in [-0.2, -0.15) is 0 Å². The molecule has 33 heavy (non-hydrogen) atoms. The van der Waals surface area contributed by atoms with E-state index in [9.17, 15) is 39.9 Å². The van der Waals surface area contributed by atoms with Crippen LogP contribution in [0.3, 0.4) is 0 Å². The predicted molar refractivity (Wildman–Crippen MR) is 115 cm³/mol. The summed E-state index contributed by atoms with van der Waals surface area (Å²) >= 11 is 0. The Balaban J connectivity index is 2.09. The minimum Gasteiger partial charge on any atom is -0.508 e. The first-order chi connectivity index (χ1) is 15.3. The van der Waals surface area contributed by atoms with Crippen LogP contribution in [0.4, 0.5) is 5.69 Å². The van der Waals surface area contributed by atoms with Gasteiger partial charge in [-0.15, -0.1) is 0 Å². The number of fused-ring (bicyclic) bond motifs is 3. The molecular weight excluding hydrogens is 434 g/mol. The van der Waals surface area contributed by atoms with Crippen LogP contribution in [-0.4, -0.2) is 79.7 Å². The SMILES string of the molecule is C=C1c2ccc(N)c(O)c2C(O)=C2C(=O)[C@@]3(O)C(O)=C(C(N)=O)C(=O)[C@H](N(C)C)[C@H]3[C@H](O)[C@@H]12. The lowest BCUT2D eigenvalue weighted by molar-refractivity contribution is -0.166. The van der Waals surface area contributed by atoms with Crippen LogP contribution in [0.5, 0.6) is 5.75 Å². The minimum atomic E-state index is -2.97. The van der Waals surface area contributed by atoms with Crippen LogP contribution < -0.4 is 11.5 Å². The standard InChI is InChI=1S/C22H23N3O8/c1-6-7-4-5-8(23)15(26)10(7)16(27)11-9(6)17(28)13-14(25(2)3)18(29)12(21(24)32)20(31)22(13,33)19(11)30/h4-5,9,13-14,17,26-28,31,33H,1,23H2,2-3H3,(H2,24,32)/t9-,13-,14+,17+,22+/m0/s1. The number of primary amides is 1. The third kappa shape index (κ3) is 2.58. The van der Waals surface area contributed by atoms with Gasteiger partial charge in [0.2, 0.25) is 5.78 Å². The molecule has 5 atom stereocenters. The number of aromatic hydroxyl groups is 1. The second-order valence-corrected chi connectivity index (χ2v) is 8.66. The number of amides is 1. The monoisotopic (exact) mass is 457 g/mol. The third-order valence-electron chi connectivity index (χ3n) is 6.77. The van der Waals surface area contributed by atoms with Gasteiger partial charge in [0.25, 0.3) is 5.91 Å². The number of aliphatic hydroxyl groups is 4. The van der Waals surface area contributed by atoms with Gasteiger partial charge in [0, 0.05) is 5.92 Å². The molecule has 0 bridgehead atoms. The van der Waals surface area contributed by atoms with Gasteiger partial charge in [-0.1, -0.05) is 12.6 Å². The van der Waals surface area contributed by atoms with Crippen molar-refractivity contribution in [3.63, 3.8) is 0 Å². The van der Waals surface area contributed by atoms with Crippen LogP contribution in [-0.2, 0) is 14.4 Å². The Labute approximate surface area is 187 Å². The number of benzene rings is 1. The molecule has 1 aromatic carbocycles. The molecule has 0 heterocycles. The number of aliphatic hydroxyl groups excluding tert-OH is 3. The van der Waals surface area contributed by atoms with Crippen LogP contribution in [0.2, 0.25) is 0 Å². The van der Waals surface area contributed by atoms with Crippen LogP contribution >= 0.6 is 0 Å². The number of nitrogen functional groups attached to an aromatic ring is 1. The van der Waals surface area contributed by atoms with E-state index in [1.54, 1.807) is 0 Å². The molecule has 1 fully saturated rings. The van der Waals surface area contributed by atoms with Gasteiger partial charge < -0.3 is 37.0 Å². The lowest BCUT2D eigenvalue weighted by Crippen LogP contribution is -2.70. The predicted octanol–water partition coefficient (Wildman–Crippen LogP) is -1.01. The summed E-state index contributed by atoms with van der Waals surface area (Å²) in [5.41, 5.74) is 6.43. The van der Waals surface area contributed by atoms with Gasteiger partial charge in [0.05, 0.1) is 34.9 Å². The van der Waals surface area contributed by atoms with E-state index < -0.39 is 75.5 Å². The molecule has 1 aromatic rings. The Kier molecular flexibility index (Phi) is 4.72. The Hall–Kier alpha value is -3.67. The van der Waals surface area contributed by atoms with Gasteiger partial charge in [0.1, 0.15) is 22.8 Å². The highest BCUT2D eigenvalue weighted by Crippen LogP contribution is 2.55. The van der Waals surface area contributed by atoms with Crippen molar-refractivity contribution in [3.05, 3.63) is 46.7 Å². The van der Waals surface area contributed by atoms with Crippen LogP contribution in [0.25, 0.3) is 11.3 Å². The molecule has 0 aromatic heterocycles. The number of rotatable bonds is 2. The molecule has 0 saturated heterocycles. The van der Waals surface area contributed by atoms with E-state index in [1.807, 2.05) is 0 Å². The van der Waals surface area contributed by atoms with Gasteiger partial charge >= 0.3 is 0 Å². The Morgan fingerprint density at radius 2 is 1.79 bits per heavy atom. The summed E-state index contributed by atoms with van der Waals surface area (Å²) < 4.78 is 0. The zero-order chi connectivity index (χ0) is 24.7. The highest BCUT2D eigenvalue weighted by atomic mass is 16.4. The van der Waals surface area contributed by atoms with Crippen molar-refractivity contribution >= 4 is 34.5 Å². The zero-order valence-electron chi connectivity index (χ0n) is 17.7. The first kappa shape index (κ1) is 22.5. The van der Waals surface area contributed by atoms with Gasteiger partial charge in [-0.05, 0) is 31.3 Å². The van der Waals surface area contributed by atoms with E-state index in [2.05, 4.69) is 6.58 Å². The fourth-order valence-corrected chi connectivity index (χ4v) is 5.27. The van der Waals surface area contributed by atoms with Crippen LogP contribution in [0, 0.1) is 11.8 Å². The van der Waals surface area contributed by atoms with E-state index in [0.717, 1.165) is 0 Å². The number of nitrogens with zero attached hydrogens (tertiary/aromatic N) is 1. The molecule has 4 rings (SSSR count). The van der Waals surface area contributed by atoms with E-state index in [1.165, 1.54) is 31.1 Å². The summed E-state index contributed by atoms with van der Waals surface area (Å²) in [5.74, 6) is -9.19. The summed E-state index contributed by atoms with van der Waals surface area (Å²) in [6, 6.07) is 1.37. The largest absolute Gasteiger partial charge is 0.508 e. The van der Waals surface area contributed by atoms with Crippen molar-refractivity contribution < 1.29 is 39.9 Å². The third-order valence-corrected chi connectivity index (χ3v) is 6.77. The summed E-state index contributed by atoms with van der Waals surface area (Å²) in [5, 5.41) is 55.0. The highest BCUT2D eigenvalue weighted by molar-refractivity contribution is 6.25. The molecule has 0 radical (unpaired) electrons. The number of nitrogens with two attached hydrogens (primary N) is 2. The fraction of sp³-hybridized carbons (Fsp3) is 0.318. The quantitative estimate of drug-likeness (QED) is 0.163. The zero-order valence-corrected chi connectivity index (χ0v) is 17.7. The minimum absolute atomic E-state index is 0.109. The molecule has 11 nitrogen and oxygen atoms in total. The second kappa shape index (κ2) is 6.91. The number of ketones is 2. The van der Waals surface area contributed by atoms with Gasteiger partial charge in [0.15, 0.2) is 11.4 Å². The fourth-order valence-electron chi connectivity index (χ4n) is 5.27. The van der Waals surface area contributed by atoms with Crippen molar-refractivity contribution in [2.24, 2.45) is 17.6 Å². The van der Waals surface area contributed by atoms with Crippen LogP contribution in [0.1, 0.15) is 11.1 Å². The first-order valence-electron chi connectivity index (χ1n) is 9.91. The summed E-state index contributed by atoms with van der Waals surface area (Å²) in [6.45, 7) is 3.90. The summed E-state index contributed by atoms with van der Waals surface area (Å²) in [6.07, 6.45) is -1.72. The number of carbonyl (C=O) groups is 3. The molecule has 1 amide bonds. The molecular formula is C22H23N3O8. The molecule has 0 aliphatic heterocycles. The van der Waals surface area contributed by atoms with E-state index in [0.29, 0.717) is 0 Å². The lowest BCUT2D eigenvalue weighted by Gasteiger charge is -2.52. The molecule has 3 aliphatic carbocycles. The average molecular weight is 457 g/mol. The van der Waals surface area contributed by atoms with E-state index >= 15 is 0 Å². The van der Waals surface area contributed by atoms with Crippen molar-refractivity contribution in [1.82, 2.24) is 4.90 Å². The number of carbonyl (C=O) groups excluding carboxylic acids is 3. The van der Waals surface area contributed by atoms with Crippen molar-refractivity contribution in [2.75, 3.05) is 19.8 Å². The maximum atomic E-state index is 13.7. The highest BCUT2D eigenvalue weighted by Gasteiger charge is 2.68. The number of phenolic OH excluding ortho intramolecular Hbond substituents is 1. The molecule has 11 heteroatoms.